The second-order valence-corrected chi connectivity index (χ2v) is 6.16. The molecule has 2 aromatic rings. The zero-order valence-corrected chi connectivity index (χ0v) is 14.3. The van der Waals surface area contributed by atoms with E-state index in [0.717, 1.165) is 49.5 Å². The summed E-state index contributed by atoms with van der Waals surface area (Å²) >= 11 is 0. The van der Waals surface area contributed by atoms with Crippen molar-refractivity contribution < 1.29 is 4.79 Å². The number of piperazine rings is 1. The Bertz CT molecular complexity index is 691. The van der Waals surface area contributed by atoms with E-state index in [2.05, 4.69) is 34.1 Å². The summed E-state index contributed by atoms with van der Waals surface area (Å²) in [6, 6.07) is 11.7. The number of hydrogen-bond acceptors (Lipinski definition) is 4. The molecule has 0 unspecified atom stereocenters. The summed E-state index contributed by atoms with van der Waals surface area (Å²) in [7, 11) is 2.14. The van der Waals surface area contributed by atoms with E-state index in [1.54, 1.807) is 12.3 Å². The third-order valence-electron chi connectivity index (χ3n) is 4.50. The lowest BCUT2D eigenvalue weighted by molar-refractivity contribution is 0.102. The minimum Gasteiger partial charge on any atom is -0.368 e. The van der Waals surface area contributed by atoms with Gasteiger partial charge in [0.1, 0.15) is 5.69 Å². The number of nitrogens with one attached hydrogen (secondary N) is 1. The van der Waals surface area contributed by atoms with Crippen LogP contribution in [0.25, 0.3) is 0 Å². The Labute approximate surface area is 143 Å². The molecule has 0 aliphatic carbocycles. The summed E-state index contributed by atoms with van der Waals surface area (Å²) in [5.41, 5.74) is 3.50. The number of benzene rings is 1. The number of likely N-dealkylation sites (N-methyl/N-ethyl adjacent to an activating group) is 1. The van der Waals surface area contributed by atoms with Crippen LogP contribution in [-0.4, -0.2) is 49.0 Å². The molecule has 2 heterocycles. The highest BCUT2D eigenvalue weighted by Crippen LogP contribution is 2.18. The molecule has 1 aromatic carbocycles. The molecule has 0 bridgehead atoms. The lowest BCUT2D eigenvalue weighted by Crippen LogP contribution is -2.44. The first-order valence-electron chi connectivity index (χ1n) is 8.46. The van der Waals surface area contributed by atoms with Crippen LogP contribution in [0.15, 0.2) is 42.6 Å². The van der Waals surface area contributed by atoms with E-state index in [9.17, 15) is 4.79 Å². The molecule has 5 nitrogen and oxygen atoms in total. The molecule has 1 aromatic heterocycles. The van der Waals surface area contributed by atoms with Gasteiger partial charge in [0.05, 0.1) is 11.9 Å². The first-order chi connectivity index (χ1) is 11.7. The number of aryl methyl sites for hydroxylation is 1. The Morgan fingerprint density at radius 2 is 1.88 bits per heavy atom. The maximum absolute atomic E-state index is 12.4. The number of rotatable bonds is 4. The maximum Gasteiger partial charge on any atom is 0.274 e. The van der Waals surface area contributed by atoms with Crippen molar-refractivity contribution in [2.45, 2.75) is 13.3 Å². The smallest absolute Gasteiger partial charge is 0.274 e. The predicted octanol–water partition coefficient (Wildman–Crippen LogP) is 2.65. The molecule has 1 aliphatic rings. The van der Waals surface area contributed by atoms with Gasteiger partial charge >= 0.3 is 0 Å². The van der Waals surface area contributed by atoms with Gasteiger partial charge in [-0.1, -0.05) is 25.1 Å². The van der Waals surface area contributed by atoms with Crippen molar-refractivity contribution in [3.05, 3.63) is 53.9 Å². The Balaban J connectivity index is 1.68. The van der Waals surface area contributed by atoms with Gasteiger partial charge in [0.15, 0.2) is 0 Å². The highest BCUT2D eigenvalue weighted by molar-refractivity contribution is 6.03. The van der Waals surface area contributed by atoms with Crippen LogP contribution in [0.3, 0.4) is 0 Å². The molecule has 0 radical (unpaired) electrons. The van der Waals surface area contributed by atoms with E-state index >= 15 is 0 Å². The molecule has 0 saturated carbocycles. The van der Waals surface area contributed by atoms with Crippen LogP contribution >= 0.6 is 0 Å². The van der Waals surface area contributed by atoms with Gasteiger partial charge in [0, 0.05) is 31.9 Å². The monoisotopic (exact) mass is 324 g/mol. The standard InChI is InChI=1S/C19H24N4O/c1-3-15-6-4-5-7-17(15)21-19(24)18-9-8-16(14-20-18)23-12-10-22(2)11-13-23/h4-9,14H,3,10-13H2,1-2H3,(H,21,24). The van der Waals surface area contributed by atoms with E-state index in [1.807, 2.05) is 30.3 Å². The van der Waals surface area contributed by atoms with Gasteiger partial charge < -0.3 is 15.1 Å². The largest absolute Gasteiger partial charge is 0.368 e. The fourth-order valence-corrected chi connectivity index (χ4v) is 2.91. The first kappa shape index (κ1) is 16.5. The van der Waals surface area contributed by atoms with Gasteiger partial charge in [-0.25, -0.2) is 4.98 Å². The third-order valence-corrected chi connectivity index (χ3v) is 4.50. The molecule has 1 aliphatic heterocycles. The lowest BCUT2D eigenvalue weighted by Gasteiger charge is -2.33. The molecule has 3 rings (SSSR count). The van der Waals surface area contributed by atoms with Crippen LogP contribution < -0.4 is 10.2 Å². The number of para-hydroxylation sites is 1. The van der Waals surface area contributed by atoms with Crippen LogP contribution in [0.1, 0.15) is 23.0 Å². The number of carbonyl (C=O) groups excluding carboxylic acids is 1. The average molecular weight is 324 g/mol. The summed E-state index contributed by atoms with van der Waals surface area (Å²) in [5, 5.41) is 2.96. The molecule has 24 heavy (non-hydrogen) atoms. The molecule has 126 valence electrons. The Morgan fingerprint density at radius 1 is 1.12 bits per heavy atom. The SMILES string of the molecule is CCc1ccccc1NC(=O)c1ccc(N2CCN(C)CC2)cn1. The van der Waals surface area contributed by atoms with Gasteiger partial charge in [-0.05, 0) is 37.2 Å². The number of hydrogen-bond donors (Lipinski definition) is 1. The van der Waals surface area contributed by atoms with Crippen LogP contribution in [0.5, 0.6) is 0 Å². The second kappa shape index (κ2) is 7.45. The van der Waals surface area contributed by atoms with Crippen LogP contribution in [0.2, 0.25) is 0 Å². The normalized spacial score (nSPS) is 15.3. The van der Waals surface area contributed by atoms with Crippen molar-refractivity contribution >= 4 is 17.3 Å². The van der Waals surface area contributed by atoms with E-state index < -0.39 is 0 Å². The fraction of sp³-hybridized carbons (Fsp3) is 0.368. The van der Waals surface area contributed by atoms with Gasteiger partial charge in [-0.3, -0.25) is 4.79 Å². The zero-order chi connectivity index (χ0) is 16.9. The molecule has 5 heteroatoms. The highest BCUT2D eigenvalue weighted by Gasteiger charge is 2.15. The summed E-state index contributed by atoms with van der Waals surface area (Å²) in [4.78, 5) is 21.4. The minimum absolute atomic E-state index is 0.166. The minimum atomic E-state index is -0.166. The van der Waals surface area contributed by atoms with E-state index in [1.165, 1.54) is 0 Å². The quantitative estimate of drug-likeness (QED) is 0.939. The molecular formula is C19H24N4O. The van der Waals surface area contributed by atoms with Crippen molar-refractivity contribution in [2.24, 2.45) is 0 Å². The highest BCUT2D eigenvalue weighted by atomic mass is 16.1. The lowest BCUT2D eigenvalue weighted by atomic mass is 10.1. The summed E-state index contributed by atoms with van der Waals surface area (Å²) in [5.74, 6) is -0.166. The van der Waals surface area contributed by atoms with Crippen molar-refractivity contribution in [1.29, 1.82) is 0 Å². The van der Waals surface area contributed by atoms with Gasteiger partial charge in [0.25, 0.3) is 5.91 Å². The van der Waals surface area contributed by atoms with Gasteiger partial charge in [-0.2, -0.15) is 0 Å². The first-order valence-corrected chi connectivity index (χ1v) is 8.46. The molecule has 1 amide bonds. The van der Waals surface area contributed by atoms with Crippen LogP contribution in [0.4, 0.5) is 11.4 Å². The Morgan fingerprint density at radius 3 is 2.54 bits per heavy atom. The van der Waals surface area contributed by atoms with Gasteiger partial charge in [-0.15, -0.1) is 0 Å². The Kier molecular flexibility index (Phi) is 5.11. The number of nitrogens with zero attached hydrogens (tertiary/aromatic N) is 3. The maximum atomic E-state index is 12.4. The molecular weight excluding hydrogens is 300 g/mol. The van der Waals surface area contributed by atoms with E-state index in [4.69, 9.17) is 0 Å². The fourth-order valence-electron chi connectivity index (χ4n) is 2.91. The topological polar surface area (TPSA) is 48.5 Å². The molecule has 0 spiro atoms. The predicted molar refractivity (Wildman–Crippen MR) is 97.7 cm³/mol. The Hall–Kier alpha value is -2.40. The van der Waals surface area contributed by atoms with Crippen LogP contribution in [0, 0.1) is 0 Å². The summed E-state index contributed by atoms with van der Waals surface area (Å²) in [6.07, 6.45) is 2.68. The van der Waals surface area contributed by atoms with E-state index in [0.29, 0.717) is 5.69 Å². The number of carbonyl (C=O) groups is 1. The molecule has 1 fully saturated rings. The van der Waals surface area contributed by atoms with Crippen molar-refractivity contribution in [3.8, 4) is 0 Å². The van der Waals surface area contributed by atoms with E-state index in [-0.39, 0.29) is 5.91 Å². The van der Waals surface area contributed by atoms with Crippen molar-refractivity contribution in [2.75, 3.05) is 43.4 Å². The average Bonchev–Trinajstić information content (AvgIpc) is 2.63. The molecule has 1 saturated heterocycles. The van der Waals surface area contributed by atoms with Crippen molar-refractivity contribution in [1.82, 2.24) is 9.88 Å². The number of amides is 1. The van der Waals surface area contributed by atoms with Crippen molar-refractivity contribution in [3.63, 3.8) is 0 Å². The number of pyridine rings is 1. The third kappa shape index (κ3) is 3.74. The number of aromatic nitrogens is 1. The zero-order valence-electron chi connectivity index (χ0n) is 14.3. The summed E-state index contributed by atoms with van der Waals surface area (Å²) < 4.78 is 0. The molecule has 0 atom stereocenters. The summed E-state index contributed by atoms with van der Waals surface area (Å²) in [6.45, 7) is 6.17. The number of anilines is 2. The second-order valence-electron chi connectivity index (χ2n) is 6.16. The van der Waals surface area contributed by atoms with Crippen LogP contribution in [-0.2, 0) is 6.42 Å². The van der Waals surface area contributed by atoms with Gasteiger partial charge in [0.2, 0.25) is 0 Å². The molecule has 1 N–H and O–H groups in total.